The third-order valence-corrected chi connectivity index (χ3v) is 1.84. The summed E-state index contributed by atoms with van der Waals surface area (Å²) in [7, 11) is 0. The van der Waals surface area contributed by atoms with Crippen molar-refractivity contribution in [3.05, 3.63) is 29.6 Å². The lowest BCUT2D eigenvalue weighted by Crippen LogP contribution is -2.36. The van der Waals surface area contributed by atoms with E-state index >= 15 is 0 Å². The van der Waals surface area contributed by atoms with Gasteiger partial charge in [0.05, 0.1) is 11.1 Å². The van der Waals surface area contributed by atoms with E-state index in [1.54, 1.807) is 20.8 Å². The van der Waals surface area contributed by atoms with Crippen LogP contribution in [0, 0.1) is 16.7 Å². The fourth-order valence-electron chi connectivity index (χ4n) is 1.16. The molecule has 0 bridgehead atoms. The lowest BCUT2D eigenvalue weighted by molar-refractivity contribution is 0.0563. The quantitative estimate of drug-likeness (QED) is 0.583. The largest absolute Gasteiger partial charge is 0.444 e. The number of ether oxygens (including phenoxy) is 1. The van der Waals surface area contributed by atoms with Crippen molar-refractivity contribution in [3.8, 4) is 6.07 Å². The highest BCUT2D eigenvalue weighted by Crippen LogP contribution is 2.08. The lowest BCUT2D eigenvalue weighted by Gasteiger charge is -2.19. The predicted molar refractivity (Wildman–Crippen MR) is 65.2 cm³/mol. The van der Waals surface area contributed by atoms with Gasteiger partial charge in [0.25, 0.3) is 0 Å². The minimum atomic E-state index is -0.736. The highest BCUT2D eigenvalue weighted by atomic mass is 16.6. The maximum atomic E-state index is 11.5. The van der Waals surface area contributed by atoms with E-state index in [1.165, 1.54) is 18.5 Å². The van der Waals surface area contributed by atoms with E-state index < -0.39 is 11.7 Å². The number of rotatable bonds is 1. The first-order valence-corrected chi connectivity index (χ1v) is 5.26. The number of nitrogens with zero attached hydrogens (tertiary/aromatic N) is 2. The summed E-state index contributed by atoms with van der Waals surface area (Å²) in [5.74, 6) is -0.214. The molecule has 2 N–H and O–H groups in total. The molecule has 0 atom stereocenters. The summed E-state index contributed by atoms with van der Waals surface area (Å²) in [4.78, 5) is 15.3. The second kappa shape index (κ2) is 5.27. The fraction of sp³-hybridized carbons (Fsp3) is 0.333. The third-order valence-electron chi connectivity index (χ3n) is 1.84. The van der Waals surface area contributed by atoms with Gasteiger partial charge in [0.1, 0.15) is 17.5 Å². The van der Waals surface area contributed by atoms with Gasteiger partial charge in [-0.25, -0.2) is 4.79 Å². The topological polar surface area (TPSA) is 98.9 Å². The Labute approximate surface area is 105 Å². The van der Waals surface area contributed by atoms with E-state index in [2.05, 4.69) is 10.3 Å². The summed E-state index contributed by atoms with van der Waals surface area (Å²) in [6.07, 6.45) is 2.06. The van der Waals surface area contributed by atoms with Crippen LogP contribution in [0.3, 0.4) is 0 Å². The molecule has 1 heterocycles. The minimum absolute atomic E-state index is 0.214. The zero-order valence-electron chi connectivity index (χ0n) is 10.4. The van der Waals surface area contributed by atoms with Crippen LogP contribution in [-0.4, -0.2) is 22.5 Å². The Bertz CT molecular complexity index is 512. The number of carbonyl (C=O) groups excluding carboxylic acids is 1. The first kappa shape index (κ1) is 13.6. The molecule has 6 heteroatoms. The van der Waals surface area contributed by atoms with Gasteiger partial charge in [-0.3, -0.25) is 15.7 Å². The Morgan fingerprint density at radius 1 is 1.56 bits per heavy atom. The number of alkyl carbamates (subject to hydrolysis) is 1. The number of carbonyl (C=O) groups is 1. The molecular weight excluding hydrogens is 232 g/mol. The van der Waals surface area contributed by atoms with Gasteiger partial charge in [-0.1, -0.05) is 0 Å². The highest BCUT2D eigenvalue weighted by molar-refractivity contribution is 6.05. The monoisotopic (exact) mass is 246 g/mol. The first-order chi connectivity index (χ1) is 8.33. The first-order valence-electron chi connectivity index (χ1n) is 5.26. The Morgan fingerprint density at radius 3 is 2.78 bits per heavy atom. The van der Waals surface area contributed by atoms with E-state index in [-0.39, 0.29) is 17.0 Å². The number of nitriles is 1. The van der Waals surface area contributed by atoms with Crippen LogP contribution >= 0.6 is 0 Å². The fourth-order valence-corrected chi connectivity index (χ4v) is 1.16. The molecule has 6 nitrogen and oxygen atoms in total. The number of hydrogen-bond acceptors (Lipinski definition) is 5. The molecule has 94 valence electrons. The average Bonchev–Trinajstić information content (AvgIpc) is 2.26. The summed E-state index contributed by atoms with van der Waals surface area (Å²) >= 11 is 0. The Balaban J connectivity index is 2.78. The molecule has 1 rings (SSSR count). The smallest absolute Gasteiger partial charge is 0.413 e. The molecular formula is C12H14N4O2. The van der Waals surface area contributed by atoms with E-state index in [0.717, 1.165) is 0 Å². The molecule has 0 saturated heterocycles. The van der Waals surface area contributed by atoms with Gasteiger partial charge < -0.3 is 4.74 Å². The summed E-state index contributed by atoms with van der Waals surface area (Å²) < 4.78 is 5.01. The van der Waals surface area contributed by atoms with Crippen molar-refractivity contribution >= 4 is 11.9 Å². The summed E-state index contributed by atoms with van der Waals surface area (Å²) in [6.45, 7) is 5.17. The molecule has 0 unspecified atom stereocenters. The van der Waals surface area contributed by atoms with Crippen molar-refractivity contribution < 1.29 is 9.53 Å². The van der Waals surface area contributed by atoms with Gasteiger partial charge in [-0.15, -0.1) is 0 Å². The van der Waals surface area contributed by atoms with Crippen LogP contribution in [0.2, 0.25) is 0 Å². The molecule has 0 aromatic carbocycles. The molecule has 0 spiro atoms. The van der Waals surface area contributed by atoms with Crippen molar-refractivity contribution in [2.45, 2.75) is 26.4 Å². The maximum Gasteiger partial charge on any atom is 0.413 e. The Morgan fingerprint density at radius 2 is 2.22 bits per heavy atom. The summed E-state index contributed by atoms with van der Waals surface area (Å²) in [5, 5.41) is 18.8. The summed E-state index contributed by atoms with van der Waals surface area (Å²) in [5.41, 5.74) is -0.117. The van der Waals surface area contributed by atoms with Crippen molar-refractivity contribution in [1.82, 2.24) is 10.3 Å². The molecule has 18 heavy (non-hydrogen) atoms. The van der Waals surface area contributed by atoms with Crippen LogP contribution in [0.1, 0.15) is 31.9 Å². The second-order valence-electron chi connectivity index (χ2n) is 4.53. The number of hydrogen-bond donors (Lipinski definition) is 2. The highest BCUT2D eigenvalue weighted by Gasteiger charge is 2.18. The second-order valence-corrected chi connectivity index (χ2v) is 4.53. The molecule has 1 aromatic heterocycles. The van der Waals surface area contributed by atoms with Crippen molar-refractivity contribution in [3.63, 3.8) is 0 Å². The standard InChI is InChI=1S/C12H14N4O2/c1-12(2,3)18-11(17)16-10(14)9-7-15-5-4-8(9)6-13/h4-5,7H,1-3H3,(H2,14,16,17). The van der Waals surface area contributed by atoms with E-state index in [0.29, 0.717) is 0 Å². The number of nitrogens with one attached hydrogen (secondary N) is 2. The van der Waals surface area contributed by atoms with Crippen LogP contribution in [0.4, 0.5) is 4.79 Å². The number of pyridine rings is 1. The minimum Gasteiger partial charge on any atom is -0.444 e. The molecule has 0 aliphatic heterocycles. The number of amides is 1. The molecule has 0 aliphatic rings. The van der Waals surface area contributed by atoms with Crippen LogP contribution in [0.15, 0.2) is 18.5 Å². The molecule has 0 radical (unpaired) electrons. The lowest BCUT2D eigenvalue weighted by atomic mass is 10.1. The van der Waals surface area contributed by atoms with Gasteiger partial charge in [0.2, 0.25) is 0 Å². The number of amidine groups is 1. The molecule has 0 fully saturated rings. The normalized spacial score (nSPS) is 10.3. The molecule has 0 saturated carbocycles. The summed E-state index contributed by atoms with van der Waals surface area (Å²) in [6, 6.07) is 3.40. The van der Waals surface area contributed by atoms with Crippen LogP contribution in [-0.2, 0) is 4.74 Å². The van der Waals surface area contributed by atoms with Crippen molar-refractivity contribution in [2.75, 3.05) is 0 Å². The van der Waals surface area contributed by atoms with Gasteiger partial charge in [0, 0.05) is 12.4 Å². The average molecular weight is 246 g/mol. The van der Waals surface area contributed by atoms with Gasteiger partial charge >= 0.3 is 6.09 Å². The van der Waals surface area contributed by atoms with E-state index in [9.17, 15) is 4.79 Å². The third kappa shape index (κ3) is 3.87. The van der Waals surface area contributed by atoms with Crippen LogP contribution in [0.5, 0.6) is 0 Å². The zero-order valence-corrected chi connectivity index (χ0v) is 10.4. The van der Waals surface area contributed by atoms with Crippen LogP contribution in [0.25, 0.3) is 0 Å². The predicted octanol–water partition coefficient (Wildman–Crippen LogP) is 1.80. The van der Waals surface area contributed by atoms with Crippen LogP contribution < -0.4 is 5.32 Å². The molecule has 1 aromatic rings. The Kier molecular flexibility index (Phi) is 4.00. The van der Waals surface area contributed by atoms with E-state index in [4.69, 9.17) is 15.4 Å². The van der Waals surface area contributed by atoms with Gasteiger partial charge in [-0.05, 0) is 26.8 Å². The van der Waals surface area contributed by atoms with Gasteiger partial charge in [0.15, 0.2) is 0 Å². The zero-order chi connectivity index (χ0) is 13.8. The number of aromatic nitrogens is 1. The van der Waals surface area contributed by atoms with Crippen molar-refractivity contribution in [1.29, 1.82) is 10.7 Å². The van der Waals surface area contributed by atoms with Gasteiger partial charge in [-0.2, -0.15) is 5.26 Å². The SMILES string of the molecule is CC(C)(C)OC(=O)NC(=N)c1cnccc1C#N. The Hall–Kier alpha value is -2.42. The van der Waals surface area contributed by atoms with E-state index in [1.807, 2.05) is 6.07 Å². The molecule has 1 amide bonds. The maximum absolute atomic E-state index is 11.5. The van der Waals surface area contributed by atoms with Crippen molar-refractivity contribution in [2.24, 2.45) is 0 Å². The molecule has 0 aliphatic carbocycles.